The molecule has 17 heteroatoms. The zero-order chi connectivity index (χ0) is 29.9. The van der Waals surface area contributed by atoms with E-state index in [0.29, 0.717) is 12.1 Å². The second-order valence-corrected chi connectivity index (χ2v) is 8.86. The number of hydrogen-bond donors (Lipinski definition) is 2. The van der Waals surface area contributed by atoms with Crippen LogP contribution in [0.25, 0.3) is 5.83 Å². The maximum Gasteiger partial charge on any atom is 0.417 e. The third-order valence-corrected chi connectivity index (χ3v) is 5.97. The van der Waals surface area contributed by atoms with Crippen LogP contribution in [0, 0.1) is 0 Å². The highest BCUT2D eigenvalue weighted by molar-refractivity contribution is 6.48. The smallest absolute Gasteiger partial charge is 0.345 e. The lowest BCUT2D eigenvalue weighted by atomic mass is 9.95. The summed E-state index contributed by atoms with van der Waals surface area (Å²) < 4.78 is 133. The summed E-state index contributed by atoms with van der Waals surface area (Å²) in [7, 11) is 0. The standard InChI is InChI=1S/C22H13Cl3F10N2O2/c23-14-4-10(5-15(24)18(14)25)12(21(30,31)32)6-16(26)9-1-2-11(13(3-9)22(33,34)35)19(39)36-7-17(38)37-8-20(27,28)29/h1-6,12H,7-8H2,(H,36,39)(H,37,38). The molecule has 4 nitrogen and oxygen atoms in total. The second kappa shape index (κ2) is 12.2. The Morgan fingerprint density at radius 2 is 1.44 bits per heavy atom. The molecule has 0 heterocycles. The van der Waals surface area contributed by atoms with Crippen molar-refractivity contribution < 1.29 is 53.5 Å². The lowest BCUT2D eigenvalue weighted by Crippen LogP contribution is -2.41. The summed E-state index contributed by atoms with van der Waals surface area (Å²) in [6.45, 7) is -2.90. The minimum absolute atomic E-state index is 0.0316. The molecular formula is C22H13Cl3F10N2O2. The first kappa shape index (κ1) is 32.5. The SMILES string of the molecule is O=C(CNC(=O)c1ccc(C(F)=CC(c2cc(Cl)c(Cl)c(Cl)c2)C(F)(F)F)cc1C(F)(F)F)NCC(F)(F)F. The zero-order valence-electron chi connectivity index (χ0n) is 18.7. The molecule has 1 atom stereocenters. The van der Waals surface area contributed by atoms with Crippen LogP contribution in [-0.2, 0) is 11.0 Å². The fraction of sp³-hybridized carbons (Fsp3) is 0.273. The van der Waals surface area contributed by atoms with E-state index in [-0.39, 0.29) is 17.2 Å². The Morgan fingerprint density at radius 1 is 0.872 bits per heavy atom. The Labute approximate surface area is 227 Å². The van der Waals surface area contributed by atoms with E-state index in [1.54, 1.807) is 5.32 Å². The molecule has 0 fully saturated rings. The lowest BCUT2D eigenvalue weighted by molar-refractivity contribution is -0.140. The summed E-state index contributed by atoms with van der Waals surface area (Å²) in [4.78, 5) is 23.6. The van der Waals surface area contributed by atoms with Crippen molar-refractivity contribution in [2.75, 3.05) is 13.1 Å². The van der Waals surface area contributed by atoms with Gasteiger partial charge in [0, 0.05) is 5.56 Å². The van der Waals surface area contributed by atoms with Gasteiger partial charge >= 0.3 is 18.5 Å². The molecule has 0 aliphatic carbocycles. The zero-order valence-corrected chi connectivity index (χ0v) is 21.0. The topological polar surface area (TPSA) is 58.2 Å². The average molecular weight is 634 g/mol. The van der Waals surface area contributed by atoms with Gasteiger partial charge in [0.25, 0.3) is 5.91 Å². The van der Waals surface area contributed by atoms with Crippen LogP contribution in [-0.4, -0.2) is 37.3 Å². The van der Waals surface area contributed by atoms with Gasteiger partial charge in [0.1, 0.15) is 18.3 Å². The molecule has 1 unspecified atom stereocenters. The van der Waals surface area contributed by atoms with Gasteiger partial charge in [-0.3, -0.25) is 9.59 Å². The molecule has 0 bridgehead atoms. The van der Waals surface area contributed by atoms with Gasteiger partial charge in [-0.2, -0.15) is 39.5 Å². The molecule has 0 aromatic heterocycles. The van der Waals surface area contributed by atoms with Crippen LogP contribution in [0.4, 0.5) is 43.9 Å². The minimum atomic E-state index is -5.33. The number of halogens is 13. The first-order chi connectivity index (χ1) is 17.7. The van der Waals surface area contributed by atoms with Crippen LogP contribution >= 0.6 is 34.8 Å². The molecule has 2 N–H and O–H groups in total. The molecule has 2 aromatic carbocycles. The number of alkyl halides is 9. The molecular weight excluding hydrogens is 621 g/mol. The molecule has 0 radical (unpaired) electrons. The summed E-state index contributed by atoms with van der Waals surface area (Å²) >= 11 is 17.2. The van der Waals surface area contributed by atoms with Crippen molar-refractivity contribution in [1.29, 1.82) is 0 Å². The lowest BCUT2D eigenvalue weighted by Gasteiger charge is -2.19. The summed E-state index contributed by atoms with van der Waals surface area (Å²) in [6, 6.07) is 2.54. The predicted molar refractivity (Wildman–Crippen MR) is 122 cm³/mol. The maximum atomic E-state index is 14.9. The minimum Gasteiger partial charge on any atom is -0.345 e. The van der Waals surface area contributed by atoms with E-state index in [4.69, 9.17) is 34.8 Å². The Balaban J connectivity index is 2.41. The van der Waals surface area contributed by atoms with E-state index in [2.05, 4.69) is 0 Å². The quantitative estimate of drug-likeness (QED) is 0.242. The monoisotopic (exact) mass is 632 g/mol. The van der Waals surface area contributed by atoms with Gasteiger partial charge in [-0.05, 0) is 35.9 Å². The summed E-state index contributed by atoms with van der Waals surface area (Å²) in [5.41, 5.74) is -4.64. The van der Waals surface area contributed by atoms with Gasteiger partial charge in [0.15, 0.2) is 0 Å². The van der Waals surface area contributed by atoms with Gasteiger partial charge in [0.2, 0.25) is 5.91 Å². The number of amides is 2. The van der Waals surface area contributed by atoms with Gasteiger partial charge in [-0.15, -0.1) is 0 Å². The molecule has 0 saturated carbocycles. The van der Waals surface area contributed by atoms with Crippen molar-refractivity contribution in [2.45, 2.75) is 24.4 Å². The first-order valence-corrected chi connectivity index (χ1v) is 11.3. The number of hydrogen-bond acceptors (Lipinski definition) is 2. The second-order valence-electron chi connectivity index (χ2n) is 7.67. The van der Waals surface area contributed by atoms with Crippen LogP contribution in [0.15, 0.2) is 36.4 Å². The number of carbonyl (C=O) groups is 2. The normalized spacial score (nSPS) is 13.7. The third-order valence-electron chi connectivity index (χ3n) is 4.77. The van der Waals surface area contributed by atoms with E-state index < -0.39 is 87.5 Å². The highest BCUT2D eigenvalue weighted by Crippen LogP contribution is 2.42. The van der Waals surface area contributed by atoms with Crippen molar-refractivity contribution >= 4 is 52.4 Å². The molecule has 39 heavy (non-hydrogen) atoms. The Kier molecular flexibility index (Phi) is 10.2. The van der Waals surface area contributed by atoms with E-state index in [0.717, 1.165) is 12.1 Å². The predicted octanol–water partition coefficient (Wildman–Crippen LogP) is 7.73. The largest absolute Gasteiger partial charge is 0.417 e. The van der Waals surface area contributed by atoms with Crippen molar-refractivity contribution in [3.8, 4) is 0 Å². The van der Waals surface area contributed by atoms with Crippen LogP contribution < -0.4 is 10.6 Å². The highest BCUT2D eigenvalue weighted by Gasteiger charge is 2.41. The van der Waals surface area contributed by atoms with E-state index >= 15 is 0 Å². The van der Waals surface area contributed by atoms with Crippen LogP contribution in [0.3, 0.4) is 0 Å². The van der Waals surface area contributed by atoms with Crippen molar-refractivity contribution in [3.05, 3.63) is 73.7 Å². The summed E-state index contributed by atoms with van der Waals surface area (Å²) in [5, 5.41) is 1.97. The Morgan fingerprint density at radius 3 is 1.92 bits per heavy atom. The number of benzene rings is 2. The highest BCUT2D eigenvalue weighted by atomic mass is 35.5. The van der Waals surface area contributed by atoms with E-state index in [9.17, 15) is 53.5 Å². The van der Waals surface area contributed by atoms with Crippen LogP contribution in [0.2, 0.25) is 15.1 Å². The molecule has 0 aliphatic heterocycles. The molecule has 214 valence electrons. The number of nitrogens with one attached hydrogen (secondary N) is 2. The van der Waals surface area contributed by atoms with E-state index in [1.165, 1.54) is 5.32 Å². The van der Waals surface area contributed by atoms with Crippen molar-refractivity contribution in [1.82, 2.24) is 10.6 Å². The number of allylic oxidation sites excluding steroid dienone is 1. The molecule has 0 aliphatic rings. The third kappa shape index (κ3) is 9.17. The van der Waals surface area contributed by atoms with Gasteiger partial charge in [-0.1, -0.05) is 40.9 Å². The molecule has 0 spiro atoms. The summed E-state index contributed by atoms with van der Waals surface area (Å²) in [5.74, 6) is -7.43. The Bertz CT molecular complexity index is 1250. The van der Waals surface area contributed by atoms with Gasteiger partial charge in [-0.25, -0.2) is 4.39 Å². The first-order valence-electron chi connectivity index (χ1n) is 10.1. The number of carbonyl (C=O) groups excluding carboxylic acids is 2. The van der Waals surface area contributed by atoms with Crippen LogP contribution in [0.5, 0.6) is 0 Å². The average Bonchev–Trinajstić information content (AvgIpc) is 2.80. The molecule has 2 aromatic rings. The summed E-state index contributed by atoms with van der Waals surface area (Å²) in [6.07, 6.45) is -15.3. The molecule has 0 saturated heterocycles. The van der Waals surface area contributed by atoms with Crippen molar-refractivity contribution in [3.63, 3.8) is 0 Å². The van der Waals surface area contributed by atoms with Gasteiger partial charge < -0.3 is 10.6 Å². The molecule has 2 rings (SSSR count). The van der Waals surface area contributed by atoms with Crippen molar-refractivity contribution in [2.24, 2.45) is 0 Å². The fourth-order valence-electron chi connectivity index (χ4n) is 3.02. The number of rotatable bonds is 7. The van der Waals surface area contributed by atoms with Crippen LogP contribution in [0.1, 0.15) is 33.0 Å². The van der Waals surface area contributed by atoms with E-state index in [1.807, 2.05) is 0 Å². The Hall–Kier alpha value is -2.71. The van der Waals surface area contributed by atoms with Gasteiger partial charge in [0.05, 0.1) is 32.7 Å². The molecule has 2 amide bonds. The fourth-order valence-corrected chi connectivity index (χ4v) is 3.63. The maximum absolute atomic E-state index is 14.9.